The molecule has 1 fully saturated rings. The van der Waals surface area contributed by atoms with Crippen molar-refractivity contribution in [2.75, 3.05) is 0 Å². The fraction of sp³-hybridized carbons (Fsp3) is 0.455. The number of phenolic OH excluding ortho intramolecular Hbond substituents is 1. The molecule has 1 saturated carbocycles. The van der Waals surface area contributed by atoms with Gasteiger partial charge >= 0.3 is 0 Å². The molecular weight excluding hydrogens is 162 g/mol. The molecule has 1 aliphatic carbocycles. The predicted octanol–water partition coefficient (Wildman–Crippen LogP) is 2.11. The third kappa shape index (κ3) is 1.68. The van der Waals surface area contributed by atoms with Crippen molar-refractivity contribution in [1.82, 2.24) is 0 Å². The van der Waals surface area contributed by atoms with Gasteiger partial charge in [0.2, 0.25) is 0 Å². The van der Waals surface area contributed by atoms with Crippen molar-refractivity contribution in [1.29, 1.82) is 0 Å². The monoisotopic (exact) mass is 177 g/mol. The van der Waals surface area contributed by atoms with E-state index in [-0.39, 0.29) is 6.04 Å². The molecule has 2 rings (SSSR count). The highest BCUT2D eigenvalue weighted by Crippen LogP contribution is 2.41. The SMILES string of the molecule is Cc1ccc([C@H](N)C2CC2)c(O)c1. The van der Waals surface area contributed by atoms with Crippen molar-refractivity contribution >= 4 is 0 Å². The van der Waals surface area contributed by atoms with Crippen LogP contribution < -0.4 is 5.73 Å². The summed E-state index contributed by atoms with van der Waals surface area (Å²) in [7, 11) is 0. The predicted molar refractivity (Wildman–Crippen MR) is 52.5 cm³/mol. The molecule has 2 nitrogen and oxygen atoms in total. The molecule has 70 valence electrons. The molecule has 0 saturated heterocycles. The zero-order chi connectivity index (χ0) is 9.42. The first-order valence-corrected chi connectivity index (χ1v) is 4.73. The van der Waals surface area contributed by atoms with Crippen LogP contribution >= 0.6 is 0 Å². The van der Waals surface area contributed by atoms with Crippen molar-refractivity contribution in [2.45, 2.75) is 25.8 Å². The maximum atomic E-state index is 9.66. The Morgan fingerprint density at radius 3 is 2.69 bits per heavy atom. The lowest BCUT2D eigenvalue weighted by molar-refractivity contribution is 0.456. The largest absolute Gasteiger partial charge is 0.508 e. The summed E-state index contributed by atoms with van der Waals surface area (Å²) in [6, 6.07) is 5.74. The summed E-state index contributed by atoms with van der Waals surface area (Å²) in [5.74, 6) is 0.938. The van der Waals surface area contributed by atoms with Crippen LogP contribution in [0.3, 0.4) is 0 Å². The summed E-state index contributed by atoms with van der Waals surface area (Å²) < 4.78 is 0. The maximum absolute atomic E-state index is 9.66. The van der Waals surface area contributed by atoms with Crippen molar-refractivity contribution in [3.63, 3.8) is 0 Å². The van der Waals surface area contributed by atoms with Crippen LogP contribution in [0, 0.1) is 12.8 Å². The van der Waals surface area contributed by atoms with E-state index in [1.54, 1.807) is 6.07 Å². The van der Waals surface area contributed by atoms with Gasteiger partial charge in [0.05, 0.1) is 0 Å². The number of benzene rings is 1. The zero-order valence-electron chi connectivity index (χ0n) is 7.83. The first-order valence-electron chi connectivity index (χ1n) is 4.73. The third-order valence-corrected chi connectivity index (χ3v) is 2.67. The second-order valence-corrected chi connectivity index (χ2v) is 3.93. The Morgan fingerprint density at radius 1 is 1.46 bits per heavy atom. The van der Waals surface area contributed by atoms with E-state index in [0.717, 1.165) is 11.1 Å². The van der Waals surface area contributed by atoms with Gasteiger partial charge in [-0.25, -0.2) is 0 Å². The Labute approximate surface area is 78.4 Å². The van der Waals surface area contributed by atoms with Crippen molar-refractivity contribution in [3.8, 4) is 5.75 Å². The topological polar surface area (TPSA) is 46.2 Å². The molecule has 1 aromatic rings. The minimum Gasteiger partial charge on any atom is -0.508 e. The molecule has 0 radical (unpaired) electrons. The standard InChI is InChI=1S/C11H15NO/c1-7-2-5-9(10(13)6-7)11(12)8-3-4-8/h2,5-6,8,11,13H,3-4,12H2,1H3/t11-/m1/s1. The summed E-state index contributed by atoms with van der Waals surface area (Å²) in [5.41, 5.74) is 7.96. The minimum atomic E-state index is 0.0283. The van der Waals surface area contributed by atoms with E-state index < -0.39 is 0 Å². The number of hydrogen-bond acceptors (Lipinski definition) is 2. The van der Waals surface area contributed by atoms with Gasteiger partial charge in [0.15, 0.2) is 0 Å². The van der Waals surface area contributed by atoms with E-state index in [1.165, 1.54) is 12.8 Å². The smallest absolute Gasteiger partial charge is 0.120 e. The fourth-order valence-corrected chi connectivity index (χ4v) is 1.64. The van der Waals surface area contributed by atoms with Crippen LogP contribution in [0.25, 0.3) is 0 Å². The quantitative estimate of drug-likeness (QED) is 0.726. The Kier molecular flexibility index (Phi) is 2.00. The molecule has 3 N–H and O–H groups in total. The number of aryl methyl sites for hydroxylation is 1. The van der Waals surface area contributed by atoms with Gasteiger partial charge in [0.1, 0.15) is 5.75 Å². The van der Waals surface area contributed by atoms with Crippen LogP contribution in [-0.4, -0.2) is 5.11 Å². The molecule has 0 amide bonds. The number of aromatic hydroxyl groups is 1. The average molecular weight is 177 g/mol. The van der Waals surface area contributed by atoms with Gasteiger partial charge in [-0.3, -0.25) is 0 Å². The van der Waals surface area contributed by atoms with Gasteiger partial charge in [-0.1, -0.05) is 12.1 Å². The number of rotatable bonds is 2. The molecule has 13 heavy (non-hydrogen) atoms. The normalized spacial score (nSPS) is 18.6. The third-order valence-electron chi connectivity index (χ3n) is 2.67. The second-order valence-electron chi connectivity index (χ2n) is 3.93. The van der Waals surface area contributed by atoms with E-state index in [2.05, 4.69) is 0 Å². The molecule has 0 unspecified atom stereocenters. The van der Waals surface area contributed by atoms with Crippen LogP contribution in [-0.2, 0) is 0 Å². The summed E-state index contributed by atoms with van der Waals surface area (Å²) in [4.78, 5) is 0. The van der Waals surface area contributed by atoms with Gasteiger partial charge in [-0.2, -0.15) is 0 Å². The van der Waals surface area contributed by atoms with Gasteiger partial charge in [0.25, 0.3) is 0 Å². The summed E-state index contributed by atoms with van der Waals surface area (Å²) >= 11 is 0. The highest BCUT2D eigenvalue weighted by Gasteiger charge is 2.30. The molecular formula is C11H15NO. The summed E-state index contributed by atoms with van der Waals surface area (Å²) in [6.45, 7) is 1.96. The molecule has 2 heteroatoms. The van der Waals surface area contributed by atoms with Gasteiger partial charge in [-0.15, -0.1) is 0 Å². The summed E-state index contributed by atoms with van der Waals surface area (Å²) in [5, 5.41) is 9.66. The first kappa shape index (κ1) is 8.57. The van der Waals surface area contributed by atoms with E-state index in [9.17, 15) is 5.11 Å². The lowest BCUT2D eigenvalue weighted by Crippen LogP contribution is -2.12. The van der Waals surface area contributed by atoms with E-state index in [0.29, 0.717) is 11.7 Å². The van der Waals surface area contributed by atoms with Crippen molar-refractivity contribution in [3.05, 3.63) is 29.3 Å². The fourth-order valence-electron chi connectivity index (χ4n) is 1.64. The molecule has 0 bridgehead atoms. The van der Waals surface area contributed by atoms with Crippen LogP contribution in [0.2, 0.25) is 0 Å². The van der Waals surface area contributed by atoms with E-state index in [1.807, 2.05) is 19.1 Å². The number of hydrogen-bond donors (Lipinski definition) is 2. The summed E-state index contributed by atoms with van der Waals surface area (Å²) in [6.07, 6.45) is 2.41. The van der Waals surface area contributed by atoms with Crippen LogP contribution in [0.1, 0.15) is 30.0 Å². The van der Waals surface area contributed by atoms with Gasteiger partial charge in [0, 0.05) is 11.6 Å². The van der Waals surface area contributed by atoms with Crippen molar-refractivity contribution in [2.24, 2.45) is 11.7 Å². The van der Waals surface area contributed by atoms with Crippen LogP contribution in [0.5, 0.6) is 5.75 Å². The lowest BCUT2D eigenvalue weighted by Gasteiger charge is -2.12. The molecule has 0 spiro atoms. The molecule has 0 aromatic heterocycles. The Balaban J connectivity index is 2.28. The Hall–Kier alpha value is -1.02. The highest BCUT2D eigenvalue weighted by molar-refractivity contribution is 5.38. The minimum absolute atomic E-state index is 0.0283. The number of nitrogens with two attached hydrogens (primary N) is 1. The van der Waals surface area contributed by atoms with Gasteiger partial charge in [-0.05, 0) is 37.3 Å². The lowest BCUT2D eigenvalue weighted by atomic mass is 10.0. The average Bonchev–Trinajstić information content (AvgIpc) is 2.85. The molecule has 0 aliphatic heterocycles. The highest BCUT2D eigenvalue weighted by atomic mass is 16.3. The number of phenols is 1. The van der Waals surface area contributed by atoms with E-state index in [4.69, 9.17) is 5.73 Å². The van der Waals surface area contributed by atoms with Crippen LogP contribution in [0.4, 0.5) is 0 Å². The first-order chi connectivity index (χ1) is 6.18. The van der Waals surface area contributed by atoms with Gasteiger partial charge < -0.3 is 10.8 Å². The van der Waals surface area contributed by atoms with Crippen LogP contribution in [0.15, 0.2) is 18.2 Å². The maximum Gasteiger partial charge on any atom is 0.120 e. The molecule has 1 atom stereocenters. The Morgan fingerprint density at radius 2 is 2.15 bits per heavy atom. The molecule has 0 heterocycles. The zero-order valence-corrected chi connectivity index (χ0v) is 7.83. The van der Waals surface area contributed by atoms with E-state index >= 15 is 0 Å². The molecule has 1 aromatic carbocycles. The molecule has 1 aliphatic rings. The Bertz CT molecular complexity index is 318. The second kappa shape index (κ2) is 3.04. The van der Waals surface area contributed by atoms with Crippen molar-refractivity contribution < 1.29 is 5.11 Å².